The van der Waals surface area contributed by atoms with Gasteiger partial charge in [0.25, 0.3) is 0 Å². The van der Waals surface area contributed by atoms with E-state index in [0.717, 1.165) is 19.4 Å². The molecule has 0 unspecified atom stereocenters. The maximum absolute atomic E-state index is 11.5. The van der Waals surface area contributed by atoms with Gasteiger partial charge in [0.05, 0.1) is 0 Å². The summed E-state index contributed by atoms with van der Waals surface area (Å²) in [6.45, 7) is 6.58. The van der Waals surface area contributed by atoms with E-state index in [2.05, 4.69) is 0 Å². The van der Waals surface area contributed by atoms with E-state index in [1.807, 2.05) is 20.8 Å². The third kappa shape index (κ3) is 2.03. The Labute approximate surface area is 67.9 Å². The van der Waals surface area contributed by atoms with Crippen LogP contribution in [0.5, 0.6) is 0 Å². The van der Waals surface area contributed by atoms with Crippen LogP contribution in [0, 0.1) is 5.41 Å². The molecule has 2 heteroatoms. The smallest absolute Gasteiger partial charge is 0.166 e. The molecule has 0 aliphatic carbocycles. The van der Waals surface area contributed by atoms with Gasteiger partial charge in [-0.15, -0.1) is 0 Å². The van der Waals surface area contributed by atoms with Crippen molar-refractivity contribution in [1.82, 2.24) is 0 Å². The van der Waals surface area contributed by atoms with Crippen molar-refractivity contribution < 1.29 is 9.53 Å². The monoisotopic (exact) mass is 156 g/mol. The third-order valence-electron chi connectivity index (χ3n) is 1.96. The van der Waals surface area contributed by atoms with Crippen molar-refractivity contribution in [3.8, 4) is 0 Å². The van der Waals surface area contributed by atoms with Gasteiger partial charge in [0.15, 0.2) is 5.78 Å². The number of ether oxygens (including phenoxy) is 1. The second kappa shape index (κ2) is 2.94. The lowest BCUT2D eigenvalue weighted by atomic mass is 9.87. The Kier molecular flexibility index (Phi) is 2.33. The van der Waals surface area contributed by atoms with Gasteiger partial charge in [0, 0.05) is 12.0 Å². The highest BCUT2D eigenvalue weighted by Gasteiger charge is 2.32. The first kappa shape index (κ1) is 8.72. The number of hydrogen-bond donors (Lipinski definition) is 0. The molecule has 0 aromatic heterocycles. The Bertz CT molecular complexity index is 149. The van der Waals surface area contributed by atoms with E-state index in [4.69, 9.17) is 4.74 Å². The maximum atomic E-state index is 11.5. The van der Waals surface area contributed by atoms with E-state index in [1.54, 1.807) is 0 Å². The van der Waals surface area contributed by atoms with Crippen molar-refractivity contribution in [2.24, 2.45) is 5.41 Å². The summed E-state index contributed by atoms with van der Waals surface area (Å²) in [5.74, 6) is 0.245. The molecule has 1 aliphatic heterocycles. The van der Waals surface area contributed by atoms with Gasteiger partial charge >= 0.3 is 0 Å². The molecule has 0 aromatic carbocycles. The lowest BCUT2D eigenvalue weighted by Crippen LogP contribution is -2.31. The molecule has 11 heavy (non-hydrogen) atoms. The summed E-state index contributed by atoms with van der Waals surface area (Å²) in [5, 5.41) is 0. The SMILES string of the molecule is CC(C)(C)C(=O)[C@H]1CCCO1. The molecule has 1 saturated heterocycles. The molecule has 1 fully saturated rings. The van der Waals surface area contributed by atoms with Crippen molar-refractivity contribution in [2.75, 3.05) is 6.61 Å². The molecular formula is C9H16O2. The predicted molar refractivity (Wildman–Crippen MR) is 43.4 cm³/mol. The van der Waals surface area contributed by atoms with Crippen LogP contribution < -0.4 is 0 Å². The first-order chi connectivity index (χ1) is 5.02. The second-order valence-electron chi connectivity index (χ2n) is 4.12. The lowest BCUT2D eigenvalue weighted by molar-refractivity contribution is -0.135. The quantitative estimate of drug-likeness (QED) is 0.578. The average Bonchev–Trinajstić information content (AvgIpc) is 2.34. The van der Waals surface area contributed by atoms with E-state index in [0.29, 0.717) is 0 Å². The highest BCUT2D eigenvalue weighted by Crippen LogP contribution is 2.23. The highest BCUT2D eigenvalue weighted by atomic mass is 16.5. The topological polar surface area (TPSA) is 26.3 Å². The zero-order valence-corrected chi connectivity index (χ0v) is 7.52. The fourth-order valence-electron chi connectivity index (χ4n) is 1.27. The number of hydrogen-bond acceptors (Lipinski definition) is 2. The van der Waals surface area contributed by atoms with Gasteiger partial charge in [0.2, 0.25) is 0 Å². The maximum Gasteiger partial charge on any atom is 0.166 e. The minimum atomic E-state index is -0.241. The Morgan fingerprint density at radius 3 is 2.45 bits per heavy atom. The number of Topliss-reactive ketones (excluding diaryl/α,β-unsaturated/α-hetero) is 1. The molecule has 0 spiro atoms. The molecule has 2 nitrogen and oxygen atoms in total. The summed E-state index contributed by atoms with van der Waals surface area (Å²) in [5.41, 5.74) is -0.241. The molecule has 0 N–H and O–H groups in total. The van der Waals surface area contributed by atoms with Gasteiger partial charge in [0.1, 0.15) is 6.10 Å². The van der Waals surface area contributed by atoms with Crippen molar-refractivity contribution >= 4 is 5.78 Å². The molecule has 1 atom stereocenters. The summed E-state index contributed by atoms with van der Waals surface area (Å²) < 4.78 is 5.29. The van der Waals surface area contributed by atoms with Crippen LogP contribution in [0.15, 0.2) is 0 Å². The van der Waals surface area contributed by atoms with E-state index >= 15 is 0 Å². The fourth-order valence-corrected chi connectivity index (χ4v) is 1.27. The Hall–Kier alpha value is -0.370. The number of ketones is 1. The van der Waals surface area contributed by atoms with Gasteiger partial charge < -0.3 is 4.74 Å². The third-order valence-corrected chi connectivity index (χ3v) is 1.96. The van der Waals surface area contributed by atoms with Crippen molar-refractivity contribution in [2.45, 2.75) is 39.7 Å². The van der Waals surface area contributed by atoms with Crippen LogP contribution >= 0.6 is 0 Å². The average molecular weight is 156 g/mol. The van der Waals surface area contributed by atoms with E-state index in [-0.39, 0.29) is 17.3 Å². The van der Waals surface area contributed by atoms with Gasteiger partial charge in [-0.1, -0.05) is 20.8 Å². The van der Waals surface area contributed by atoms with Crippen LogP contribution in [0.4, 0.5) is 0 Å². The summed E-state index contributed by atoms with van der Waals surface area (Å²) in [4.78, 5) is 11.5. The van der Waals surface area contributed by atoms with Crippen LogP contribution in [0.1, 0.15) is 33.6 Å². The molecule has 0 saturated carbocycles. The normalized spacial score (nSPS) is 25.5. The van der Waals surface area contributed by atoms with Gasteiger partial charge in [-0.05, 0) is 12.8 Å². The minimum Gasteiger partial charge on any atom is -0.370 e. The fraction of sp³-hybridized carbons (Fsp3) is 0.889. The summed E-state index contributed by atoms with van der Waals surface area (Å²) >= 11 is 0. The van der Waals surface area contributed by atoms with Crippen LogP contribution in [-0.2, 0) is 9.53 Å². The largest absolute Gasteiger partial charge is 0.370 e. The summed E-state index contributed by atoms with van der Waals surface area (Å²) in [7, 11) is 0. The molecular weight excluding hydrogens is 140 g/mol. The number of carbonyl (C=O) groups excluding carboxylic acids is 1. The predicted octanol–water partition coefficient (Wildman–Crippen LogP) is 1.78. The highest BCUT2D eigenvalue weighted by molar-refractivity contribution is 5.88. The first-order valence-corrected chi connectivity index (χ1v) is 4.18. The van der Waals surface area contributed by atoms with Crippen molar-refractivity contribution in [1.29, 1.82) is 0 Å². The molecule has 1 rings (SSSR count). The van der Waals surface area contributed by atoms with E-state index in [1.165, 1.54) is 0 Å². The Morgan fingerprint density at radius 2 is 2.09 bits per heavy atom. The van der Waals surface area contributed by atoms with E-state index < -0.39 is 0 Å². The van der Waals surface area contributed by atoms with Gasteiger partial charge in [-0.25, -0.2) is 0 Å². The Balaban J connectivity index is 2.53. The minimum absolute atomic E-state index is 0.116. The molecule has 0 aromatic rings. The van der Waals surface area contributed by atoms with Crippen LogP contribution in [-0.4, -0.2) is 18.5 Å². The molecule has 0 amide bonds. The standard InChI is InChI=1S/C9H16O2/c1-9(2,3)8(10)7-5-4-6-11-7/h7H,4-6H2,1-3H3/t7-/m1/s1. The second-order valence-corrected chi connectivity index (χ2v) is 4.12. The molecule has 0 bridgehead atoms. The molecule has 0 radical (unpaired) electrons. The summed E-state index contributed by atoms with van der Waals surface area (Å²) in [6.07, 6.45) is 1.83. The van der Waals surface area contributed by atoms with Crippen molar-refractivity contribution in [3.05, 3.63) is 0 Å². The molecule has 64 valence electrons. The zero-order valence-electron chi connectivity index (χ0n) is 7.52. The molecule has 1 aliphatic rings. The van der Waals surface area contributed by atoms with E-state index in [9.17, 15) is 4.79 Å². The van der Waals surface area contributed by atoms with Crippen LogP contribution in [0.3, 0.4) is 0 Å². The van der Waals surface area contributed by atoms with Gasteiger partial charge in [-0.2, -0.15) is 0 Å². The van der Waals surface area contributed by atoms with Crippen LogP contribution in [0.25, 0.3) is 0 Å². The van der Waals surface area contributed by atoms with Crippen molar-refractivity contribution in [3.63, 3.8) is 0 Å². The summed E-state index contributed by atoms with van der Waals surface area (Å²) in [6, 6.07) is 0. The number of carbonyl (C=O) groups is 1. The van der Waals surface area contributed by atoms with Gasteiger partial charge in [-0.3, -0.25) is 4.79 Å². The first-order valence-electron chi connectivity index (χ1n) is 4.18. The Morgan fingerprint density at radius 1 is 1.45 bits per heavy atom. The number of rotatable bonds is 1. The van der Waals surface area contributed by atoms with Crippen LogP contribution in [0.2, 0.25) is 0 Å². The lowest BCUT2D eigenvalue weighted by Gasteiger charge is -2.20. The molecule has 1 heterocycles. The zero-order chi connectivity index (χ0) is 8.48.